The van der Waals surface area contributed by atoms with Gasteiger partial charge in [-0.05, 0) is 39.2 Å². The molecule has 0 saturated carbocycles. The maximum Gasteiger partial charge on any atom is 0.181 e. The lowest BCUT2D eigenvalue weighted by molar-refractivity contribution is 0.0892. The van der Waals surface area contributed by atoms with Gasteiger partial charge < -0.3 is 4.98 Å². The van der Waals surface area contributed by atoms with Gasteiger partial charge in [0.25, 0.3) is 0 Å². The van der Waals surface area contributed by atoms with Gasteiger partial charge in [0.15, 0.2) is 5.78 Å². The number of hydrogen-bond acceptors (Lipinski definition) is 3. The van der Waals surface area contributed by atoms with Crippen LogP contribution in [0.5, 0.6) is 0 Å². The first kappa shape index (κ1) is 12.3. The van der Waals surface area contributed by atoms with Crippen molar-refractivity contribution in [2.75, 3.05) is 14.1 Å². The van der Waals surface area contributed by atoms with E-state index >= 15 is 0 Å². The zero-order chi connectivity index (χ0) is 13.3. The van der Waals surface area contributed by atoms with Gasteiger partial charge in [-0.1, -0.05) is 0 Å². The summed E-state index contributed by atoms with van der Waals surface area (Å²) in [7, 11) is 3.75. The number of fused-ring (bicyclic) bond motifs is 1. The van der Waals surface area contributed by atoms with Crippen molar-refractivity contribution in [1.82, 2.24) is 9.88 Å². The van der Waals surface area contributed by atoms with Crippen molar-refractivity contribution in [3.8, 4) is 6.07 Å². The van der Waals surface area contributed by atoms with E-state index in [0.717, 1.165) is 10.9 Å². The molecule has 0 saturated heterocycles. The molecular weight excluding hydrogens is 226 g/mol. The molecule has 1 heterocycles. The Kier molecular flexibility index (Phi) is 3.17. The van der Waals surface area contributed by atoms with Gasteiger partial charge in [-0.25, -0.2) is 0 Å². The molecule has 0 fully saturated rings. The summed E-state index contributed by atoms with van der Waals surface area (Å²) in [6, 6.07) is 7.22. The monoisotopic (exact) mass is 241 g/mol. The summed E-state index contributed by atoms with van der Waals surface area (Å²) in [6.45, 7) is 1.87. The van der Waals surface area contributed by atoms with Crippen LogP contribution >= 0.6 is 0 Å². The van der Waals surface area contributed by atoms with E-state index < -0.39 is 0 Å². The van der Waals surface area contributed by atoms with Crippen molar-refractivity contribution in [3.05, 3.63) is 35.5 Å². The number of nitriles is 1. The van der Waals surface area contributed by atoms with Gasteiger partial charge in [0.05, 0.1) is 17.7 Å². The van der Waals surface area contributed by atoms with Crippen LogP contribution in [0.4, 0.5) is 0 Å². The SMILES string of the molecule is CC(C(=O)c1c[nH]c2ccc(C#N)cc12)N(C)C. The molecule has 0 aliphatic heterocycles. The fourth-order valence-corrected chi connectivity index (χ4v) is 1.85. The minimum Gasteiger partial charge on any atom is -0.360 e. The average Bonchev–Trinajstić information content (AvgIpc) is 2.79. The van der Waals surface area contributed by atoms with Crippen LogP contribution in [0.15, 0.2) is 24.4 Å². The van der Waals surface area contributed by atoms with Gasteiger partial charge in [0, 0.05) is 22.7 Å². The lowest BCUT2D eigenvalue weighted by Crippen LogP contribution is -2.32. The summed E-state index contributed by atoms with van der Waals surface area (Å²) >= 11 is 0. The minimum atomic E-state index is -0.185. The molecule has 1 atom stereocenters. The molecule has 1 aromatic heterocycles. The Morgan fingerprint density at radius 3 is 2.78 bits per heavy atom. The molecule has 1 unspecified atom stereocenters. The Morgan fingerprint density at radius 2 is 2.17 bits per heavy atom. The number of likely N-dealkylation sites (N-methyl/N-ethyl adjacent to an activating group) is 1. The van der Waals surface area contributed by atoms with Crippen molar-refractivity contribution in [1.29, 1.82) is 5.26 Å². The number of aromatic amines is 1. The van der Waals surface area contributed by atoms with E-state index in [0.29, 0.717) is 11.1 Å². The number of H-pyrrole nitrogens is 1. The standard InChI is InChI=1S/C14H15N3O/c1-9(17(2)3)14(18)12-8-16-13-5-4-10(7-15)6-11(12)13/h4-6,8-9,16H,1-3H3. The van der Waals surface area contributed by atoms with E-state index in [1.54, 1.807) is 18.3 Å². The third kappa shape index (κ3) is 2.01. The zero-order valence-electron chi connectivity index (χ0n) is 10.7. The van der Waals surface area contributed by atoms with Crippen LogP contribution in [0.2, 0.25) is 0 Å². The number of hydrogen-bond donors (Lipinski definition) is 1. The summed E-state index contributed by atoms with van der Waals surface area (Å²) in [6.07, 6.45) is 1.72. The molecule has 0 spiro atoms. The van der Waals surface area contributed by atoms with E-state index in [-0.39, 0.29) is 11.8 Å². The number of benzene rings is 1. The summed E-state index contributed by atoms with van der Waals surface area (Å²) < 4.78 is 0. The fraction of sp³-hybridized carbons (Fsp3) is 0.286. The molecule has 1 aromatic carbocycles. The summed E-state index contributed by atoms with van der Waals surface area (Å²) in [5.74, 6) is 0.0568. The molecule has 0 aliphatic rings. The smallest absolute Gasteiger partial charge is 0.181 e. The molecule has 0 bridgehead atoms. The highest BCUT2D eigenvalue weighted by molar-refractivity contribution is 6.10. The largest absolute Gasteiger partial charge is 0.360 e. The van der Waals surface area contributed by atoms with E-state index in [1.165, 1.54) is 0 Å². The van der Waals surface area contributed by atoms with Gasteiger partial charge in [-0.2, -0.15) is 5.26 Å². The first-order valence-corrected chi connectivity index (χ1v) is 5.76. The first-order valence-electron chi connectivity index (χ1n) is 5.76. The number of rotatable bonds is 3. The predicted molar refractivity (Wildman–Crippen MR) is 70.5 cm³/mol. The van der Waals surface area contributed by atoms with Crippen molar-refractivity contribution in [3.63, 3.8) is 0 Å². The normalized spacial score (nSPS) is 12.6. The molecule has 18 heavy (non-hydrogen) atoms. The van der Waals surface area contributed by atoms with Crippen LogP contribution in [0.3, 0.4) is 0 Å². The van der Waals surface area contributed by atoms with Crippen molar-refractivity contribution < 1.29 is 4.79 Å². The van der Waals surface area contributed by atoms with Crippen LogP contribution in [-0.2, 0) is 0 Å². The summed E-state index contributed by atoms with van der Waals surface area (Å²) in [5.41, 5.74) is 2.08. The Morgan fingerprint density at radius 1 is 1.44 bits per heavy atom. The van der Waals surface area contributed by atoms with Crippen LogP contribution in [0.1, 0.15) is 22.8 Å². The Hall–Kier alpha value is -2.12. The van der Waals surface area contributed by atoms with E-state index in [4.69, 9.17) is 5.26 Å². The third-order valence-electron chi connectivity index (χ3n) is 3.23. The fourth-order valence-electron chi connectivity index (χ4n) is 1.85. The number of nitrogens with zero attached hydrogens (tertiary/aromatic N) is 2. The molecule has 0 radical (unpaired) electrons. The van der Waals surface area contributed by atoms with Crippen LogP contribution in [0, 0.1) is 11.3 Å². The second kappa shape index (κ2) is 4.63. The highest BCUT2D eigenvalue weighted by Crippen LogP contribution is 2.21. The molecule has 4 heteroatoms. The maximum atomic E-state index is 12.3. The Balaban J connectivity index is 2.52. The van der Waals surface area contributed by atoms with Crippen molar-refractivity contribution >= 4 is 16.7 Å². The molecule has 92 valence electrons. The van der Waals surface area contributed by atoms with Crippen molar-refractivity contribution in [2.45, 2.75) is 13.0 Å². The predicted octanol–water partition coefficient (Wildman–Crippen LogP) is 2.17. The van der Waals surface area contributed by atoms with Gasteiger partial charge in [0.2, 0.25) is 0 Å². The number of aromatic nitrogens is 1. The Labute approximate surface area is 106 Å². The first-order chi connectivity index (χ1) is 8.54. The number of Topliss-reactive ketones (excluding diaryl/α,β-unsaturated/α-hetero) is 1. The second-order valence-corrected chi connectivity index (χ2v) is 4.58. The van der Waals surface area contributed by atoms with Crippen molar-refractivity contribution in [2.24, 2.45) is 0 Å². The maximum absolute atomic E-state index is 12.3. The van der Waals surface area contributed by atoms with Crippen LogP contribution < -0.4 is 0 Å². The molecule has 4 nitrogen and oxygen atoms in total. The molecule has 0 amide bonds. The molecule has 2 rings (SSSR count). The average molecular weight is 241 g/mol. The number of nitrogens with one attached hydrogen (secondary N) is 1. The van der Waals surface area contributed by atoms with E-state index in [1.807, 2.05) is 32.0 Å². The lowest BCUT2D eigenvalue weighted by Gasteiger charge is -2.17. The zero-order valence-corrected chi connectivity index (χ0v) is 10.7. The van der Waals surface area contributed by atoms with E-state index in [9.17, 15) is 4.79 Å². The topological polar surface area (TPSA) is 59.9 Å². The van der Waals surface area contributed by atoms with E-state index in [2.05, 4.69) is 11.1 Å². The lowest BCUT2D eigenvalue weighted by atomic mass is 10.0. The highest BCUT2D eigenvalue weighted by Gasteiger charge is 2.20. The highest BCUT2D eigenvalue weighted by atomic mass is 16.1. The third-order valence-corrected chi connectivity index (χ3v) is 3.23. The van der Waals surface area contributed by atoms with Gasteiger partial charge in [-0.3, -0.25) is 9.69 Å². The number of ketones is 1. The quantitative estimate of drug-likeness (QED) is 0.838. The van der Waals surface area contributed by atoms with Gasteiger partial charge in [0.1, 0.15) is 0 Å². The number of carbonyl (C=O) groups excluding carboxylic acids is 1. The molecule has 0 aliphatic carbocycles. The number of carbonyl (C=O) groups is 1. The molecular formula is C14H15N3O. The summed E-state index contributed by atoms with van der Waals surface area (Å²) in [4.78, 5) is 17.3. The van der Waals surface area contributed by atoms with Gasteiger partial charge >= 0.3 is 0 Å². The summed E-state index contributed by atoms with van der Waals surface area (Å²) in [5, 5.41) is 9.72. The Bertz CT molecular complexity index is 634. The molecule has 2 aromatic rings. The van der Waals surface area contributed by atoms with Crippen LogP contribution in [-0.4, -0.2) is 35.8 Å². The second-order valence-electron chi connectivity index (χ2n) is 4.58. The molecule has 1 N–H and O–H groups in total. The van der Waals surface area contributed by atoms with Crippen LogP contribution in [0.25, 0.3) is 10.9 Å². The minimum absolute atomic E-state index is 0.0568. The van der Waals surface area contributed by atoms with Gasteiger partial charge in [-0.15, -0.1) is 0 Å².